The van der Waals surface area contributed by atoms with Crippen LogP contribution >= 0.6 is 0 Å². The molecule has 110 heavy (non-hydrogen) atoms. The molecule has 12 amide bonds. The van der Waals surface area contributed by atoms with Crippen molar-refractivity contribution in [1.82, 2.24) is 60.0 Å². The number of nitrogens with one attached hydrogen (secondary N) is 3. The minimum atomic E-state index is -5.20. The van der Waals surface area contributed by atoms with E-state index in [2.05, 4.69) is 16.0 Å². The number of ether oxygens (including phenoxy) is 1. The van der Waals surface area contributed by atoms with Crippen LogP contribution in [0, 0.1) is 41.4 Å². The molecule has 4 aliphatic heterocycles. The van der Waals surface area contributed by atoms with Gasteiger partial charge >= 0.3 is 12.4 Å². The first-order valence-corrected chi connectivity index (χ1v) is 40.2. The topological polar surface area (TPSA) is 279 Å². The normalized spacial score (nSPS) is 32.3. The minimum Gasteiger partial charge on any atom is -0.378 e. The van der Waals surface area contributed by atoms with Crippen molar-refractivity contribution in [2.24, 2.45) is 41.4 Å². The average Bonchev–Trinajstić information content (AvgIpc) is 1.53. The standard InChI is InChI=1S/C77H120F8N12O13/c1-12-46(5)63-72(107)91(8)54(13-2)69(104)92(9)56-23-16-19-33-97(71(56)106)59(42-47-25-28-50(29-26-47)76(80,81)82)68(103)89(6)44-60(98)86-53(30-27-48-40-51(78)62(52(79)41-48)77(83,84)85)67(102)96-34-20-24-55(96)66(101)88-75(31-17-18-32-75)74(109)94(11)64(49-21-14-15-22-49)73(108)93(10)58(70(105)95-35-37-110-38-36-95)43-61(99)90(7)57(39-45(3)4)65(100)87-63/h45-59,62-64H,12-44H2,1-11H3,(H,86,98)(H,87,100)(H,88,101)/t46-,47?,48?,50?,51?,52?,53-,54-,55-,56-,57-,58-,59-,62?,63-,64-/m0/s1. The fourth-order valence-corrected chi connectivity index (χ4v) is 18.5. The van der Waals surface area contributed by atoms with E-state index in [1.54, 1.807) is 20.8 Å². The second-order valence-corrected chi connectivity index (χ2v) is 33.2. The van der Waals surface area contributed by atoms with Gasteiger partial charge in [0.2, 0.25) is 70.9 Å². The van der Waals surface area contributed by atoms with Crippen LogP contribution in [0.2, 0.25) is 0 Å². The summed E-state index contributed by atoms with van der Waals surface area (Å²) in [5.41, 5.74) is -1.67. The molecule has 8 aliphatic rings. The lowest BCUT2D eigenvalue weighted by Gasteiger charge is -2.42. The number of carbonyl (C=O) groups excluding carboxylic acids is 12. The van der Waals surface area contributed by atoms with E-state index < -0.39 is 223 Å². The Balaban J connectivity index is 1.21. The smallest absolute Gasteiger partial charge is 0.378 e. The number of likely N-dealkylation sites (N-methyl/N-ethyl adjacent to an activating group) is 6. The SMILES string of the molecule is CC[C@H](C)[C@@H]1NC(=O)[C@H](CC(C)C)N(C)C(=O)C[C@@H](C(=O)N2CCOCC2)N(C)C(=O)[C@H](C2CCCC2)N(C)C(=O)C2(CCCC2)NC(=O)[C@@H]2CCCN2C(=O)[C@H](CCC2CC(F)C(C(F)(F)F)C(F)C2)NC(=O)CN(C)C(=O)[C@H](CC2CCC(C(F)(F)F)CC2)N2CCCC[C@@H](C2=O)N(C)C(=O)[C@H](CC)N(C)C1=O. The number of nitrogens with zero attached hydrogens (tertiary/aromatic N) is 9. The van der Waals surface area contributed by atoms with Gasteiger partial charge in [-0.3, -0.25) is 57.5 Å². The number of rotatable bonds is 12. The highest BCUT2D eigenvalue weighted by Crippen LogP contribution is 2.46. The summed E-state index contributed by atoms with van der Waals surface area (Å²) in [6.45, 7) is 8.38. The van der Waals surface area contributed by atoms with Crippen LogP contribution in [0.3, 0.4) is 0 Å². The maximum absolute atomic E-state index is 15.8. The number of alkyl halides is 8. The Hall–Kier alpha value is -6.96. The van der Waals surface area contributed by atoms with Crippen LogP contribution in [-0.4, -0.2) is 288 Å². The summed E-state index contributed by atoms with van der Waals surface area (Å²) >= 11 is 0. The molecule has 3 N–H and O–H groups in total. The van der Waals surface area contributed by atoms with E-state index in [9.17, 15) is 31.1 Å². The predicted molar refractivity (Wildman–Crippen MR) is 388 cm³/mol. The molecule has 0 aromatic carbocycles. The minimum absolute atomic E-state index is 0.00537. The summed E-state index contributed by atoms with van der Waals surface area (Å²) in [5.74, 6) is -16.4. The first-order chi connectivity index (χ1) is 51.8. The summed E-state index contributed by atoms with van der Waals surface area (Å²) in [6.07, 6.45) is -13.8. The zero-order chi connectivity index (χ0) is 81.2. The maximum Gasteiger partial charge on any atom is 0.397 e. The van der Waals surface area contributed by atoms with Gasteiger partial charge in [-0.15, -0.1) is 0 Å². The molecule has 25 nitrogen and oxygen atoms in total. The quantitative estimate of drug-likeness (QED) is 0.165. The van der Waals surface area contributed by atoms with Crippen molar-refractivity contribution >= 4 is 70.9 Å². The Morgan fingerprint density at radius 2 is 1.16 bits per heavy atom. The van der Waals surface area contributed by atoms with Crippen molar-refractivity contribution in [2.75, 3.05) is 88.2 Å². The first-order valence-electron chi connectivity index (χ1n) is 40.2. The number of hydrogen-bond donors (Lipinski definition) is 3. The number of fused-ring (bicyclic) bond motifs is 3. The highest BCUT2D eigenvalue weighted by molar-refractivity contribution is 6.01. The number of halogens is 8. The van der Waals surface area contributed by atoms with Crippen LogP contribution in [0.15, 0.2) is 0 Å². The fraction of sp³-hybridized carbons (Fsp3) is 0.844. The molecule has 2 unspecified atom stereocenters. The first kappa shape index (κ1) is 88.6. The van der Waals surface area contributed by atoms with Gasteiger partial charge in [0, 0.05) is 68.5 Å². The van der Waals surface area contributed by atoms with Crippen LogP contribution in [0.25, 0.3) is 0 Å². The van der Waals surface area contributed by atoms with Crippen LogP contribution in [0.4, 0.5) is 35.1 Å². The molecule has 2 bridgehead atoms. The molecule has 0 aromatic heterocycles. The molecule has 8 fully saturated rings. The molecule has 622 valence electrons. The third kappa shape index (κ3) is 20.9. The van der Waals surface area contributed by atoms with Gasteiger partial charge in [0.05, 0.1) is 32.1 Å². The third-order valence-electron chi connectivity index (χ3n) is 25.4. The lowest BCUT2D eigenvalue weighted by atomic mass is 9.76. The average molecular weight is 1570 g/mol. The summed E-state index contributed by atoms with van der Waals surface area (Å²) in [4.78, 5) is 194. The van der Waals surface area contributed by atoms with Gasteiger partial charge in [-0.05, 0) is 158 Å². The van der Waals surface area contributed by atoms with Crippen LogP contribution in [0.1, 0.15) is 202 Å². The van der Waals surface area contributed by atoms with Crippen LogP contribution in [0.5, 0.6) is 0 Å². The number of carbonyl (C=O) groups is 12. The van der Waals surface area contributed by atoms with E-state index in [1.165, 1.54) is 81.5 Å². The van der Waals surface area contributed by atoms with Crippen molar-refractivity contribution in [3.63, 3.8) is 0 Å². The molecule has 4 aliphatic carbocycles. The summed E-state index contributed by atoms with van der Waals surface area (Å²) < 4.78 is 121. The van der Waals surface area contributed by atoms with Crippen molar-refractivity contribution in [1.29, 1.82) is 0 Å². The summed E-state index contributed by atoms with van der Waals surface area (Å²) in [5, 5.41) is 8.57. The Morgan fingerprint density at radius 1 is 0.564 bits per heavy atom. The van der Waals surface area contributed by atoms with E-state index in [0.717, 1.165) is 4.90 Å². The van der Waals surface area contributed by atoms with Gasteiger partial charge < -0.3 is 64.8 Å². The van der Waals surface area contributed by atoms with Gasteiger partial charge in [0.1, 0.15) is 78.2 Å². The monoisotopic (exact) mass is 1570 g/mol. The maximum atomic E-state index is 15.8. The van der Waals surface area contributed by atoms with Gasteiger partial charge in [0.25, 0.3) is 0 Å². The Labute approximate surface area is 641 Å². The number of morpholine rings is 1. The molecule has 0 aromatic rings. The molecule has 0 radical (unpaired) electrons. The summed E-state index contributed by atoms with van der Waals surface area (Å²) in [6, 6.07) is -12.3. The van der Waals surface area contributed by atoms with Crippen LogP contribution in [-0.2, 0) is 62.3 Å². The lowest BCUT2D eigenvalue weighted by Crippen LogP contribution is -2.65. The Bertz CT molecular complexity index is 3240. The molecule has 33 heteroatoms. The third-order valence-corrected chi connectivity index (χ3v) is 25.4. The molecule has 4 heterocycles. The second-order valence-electron chi connectivity index (χ2n) is 33.2. The molecule has 1 spiro atoms. The van der Waals surface area contributed by atoms with Crippen molar-refractivity contribution < 1.29 is 97.4 Å². The molecule has 4 saturated heterocycles. The van der Waals surface area contributed by atoms with Crippen molar-refractivity contribution in [3.8, 4) is 0 Å². The molecular formula is C77H120F8N12O13. The zero-order valence-corrected chi connectivity index (χ0v) is 66.1. The van der Waals surface area contributed by atoms with E-state index >= 15 is 61.5 Å². The molecule has 8 rings (SSSR count). The number of hydrogen-bond acceptors (Lipinski definition) is 13. The summed E-state index contributed by atoms with van der Waals surface area (Å²) in [7, 11) is 8.25. The van der Waals surface area contributed by atoms with E-state index in [0.29, 0.717) is 51.4 Å². The Morgan fingerprint density at radius 3 is 1.75 bits per heavy atom. The Kier molecular flexibility index (Phi) is 30.8. The highest BCUT2D eigenvalue weighted by Gasteiger charge is 2.56. The van der Waals surface area contributed by atoms with E-state index in [4.69, 9.17) is 4.74 Å². The largest absolute Gasteiger partial charge is 0.397 e. The van der Waals surface area contributed by atoms with Gasteiger partial charge in [-0.25, -0.2) is 8.78 Å². The molecule has 12 atom stereocenters. The van der Waals surface area contributed by atoms with Crippen LogP contribution < -0.4 is 16.0 Å². The second kappa shape index (κ2) is 38.2. The van der Waals surface area contributed by atoms with Gasteiger partial charge in [-0.1, -0.05) is 66.7 Å². The van der Waals surface area contributed by atoms with E-state index in [1.807, 2.05) is 13.8 Å². The number of amides is 12. The fourth-order valence-electron chi connectivity index (χ4n) is 18.5. The molecule has 4 saturated carbocycles. The lowest BCUT2D eigenvalue weighted by molar-refractivity contribution is -0.219. The predicted octanol–water partition coefficient (Wildman–Crippen LogP) is 7.11. The zero-order valence-electron chi connectivity index (χ0n) is 66.1. The molecular weight excluding hydrogens is 1450 g/mol. The van der Waals surface area contributed by atoms with Crippen molar-refractivity contribution in [3.05, 3.63) is 0 Å². The van der Waals surface area contributed by atoms with Gasteiger partial charge in [-0.2, -0.15) is 26.3 Å². The van der Waals surface area contributed by atoms with Crippen molar-refractivity contribution in [2.45, 2.75) is 286 Å². The van der Waals surface area contributed by atoms with E-state index in [-0.39, 0.29) is 135 Å². The van der Waals surface area contributed by atoms with Gasteiger partial charge in [0.15, 0.2) is 0 Å². The highest BCUT2D eigenvalue weighted by atomic mass is 19.4.